The van der Waals surface area contributed by atoms with Crippen LogP contribution in [0.4, 0.5) is 0 Å². The Morgan fingerprint density at radius 1 is 0.857 bits per heavy atom. The van der Waals surface area contributed by atoms with Crippen molar-refractivity contribution in [3.05, 3.63) is 65.7 Å². The molecule has 150 valence electrons. The number of amides is 1. The molecule has 0 aliphatic carbocycles. The fourth-order valence-electron chi connectivity index (χ4n) is 3.45. The smallest absolute Gasteiger partial charge is 0.243 e. The van der Waals surface area contributed by atoms with Gasteiger partial charge in [0.1, 0.15) is 0 Å². The number of hydrogen-bond donors (Lipinski definition) is 1. The van der Waals surface area contributed by atoms with Gasteiger partial charge in [0.2, 0.25) is 15.9 Å². The first kappa shape index (κ1) is 20.6. The van der Waals surface area contributed by atoms with Crippen molar-refractivity contribution in [2.24, 2.45) is 0 Å². The molecule has 0 saturated carbocycles. The lowest BCUT2D eigenvalue weighted by Gasteiger charge is -2.20. The number of carbonyl (C=O) groups is 1. The van der Waals surface area contributed by atoms with E-state index in [1.54, 1.807) is 16.4 Å². The summed E-state index contributed by atoms with van der Waals surface area (Å²) in [5, 5.41) is 2.92. The highest BCUT2D eigenvalue weighted by Gasteiger charge is 2.24. The summed E-state index contributed by atoms with van der Waals surface area (Å²) in [4.78, 5) is 12.3. The quantitative estimate of drug-likeness (QED) is 0.776. The van der Waals surface area contributed by atoms with Gasteiger partial charge in [0, 0.05) is 19.6 Å². The topological polar surface area (TPSA) is 66.5 Å². The minimum atomic E-state index is -3.41. The molecule has 0 spiro atoms. The summed E-state index contributed by atoms with van der Waals surface area (Å²) in [5.41, 5.74) is 2.00. The number of nitrogens with zero attached hydrogens (tertiary/aromatic N) is 1. The third-order valence-corrected chi connectivity index (χ3v) is 6.98. The largest absolute Gasteiger partial charge is 0.355 e. The van der Waals surface area contributed by atoms with E-state index in [-0.39, 0.29) is 5.91 Å². The van der Waals surface area contributed by atoms with Crippen LogP contribution in [-0.2, 0) is 27.7 Å². The Bertz CT molecular complexity index is 856. The number of hydrogen-bond acceptors (Lipinski definition) is 3. The number of benzene rings is 2. The summed E-state index contributed by atoms with van der Waals surface area (Å²) in [6.45, 7) is 1.75. The molecule has 0 atom stereocenters. The summed E-state index contributed by atoms with van der Waals surface area (Å²) in [6.07, 6.45) is 5.10. The van der Waals surface area contributed by atoms with Crippen LogP contribution in [-0.4, -0.2) is 38.3 Å². The predicted molar refractivity (Wildman–Crippen MR) is 111 cm³/mol. The molecule has 28 heavy (non-hydrogen) atoms. The van der Waals surface area contributed by atoms with Crippen molar-refractivity contribution >= 4 is 15.9 Å². The summed E-state index contributed by atoms with van der Waals surface area (Å²) >= 11 is 0. The normalized spacial score (nSPS) is 15.7. The van der Waals surface area contributed by atoms with Crippen LogP contribution in [0.1, 0.15) is 36.8 Å². The predicted octanol–water partition coefficient (Wildman–Crippen LogP) is 3.15. The highest BCUT2D eigenvalue weighted by Crippen LogP contribution is 2.20. The van der Waals surface area contributed by atoms with Gasteiger partial charge in [-0.05, 0) is 42.5 Å². The molecular formula is C22H28N2O3S. The number of carbonyl (C=O) groups excluding carboxylic acids is 1. The minimum Gasteiger partial charge on any atom is -0.355 e. The van der Waals surface area contributed by atoms with Crippen molar-refractivity contribution in [3.8, 4) is 0 Å². The van der Waals surface area contributed by atoms with Gasteiger partial charge in [-0.25, -0.2) is 8.42 Å². The van der Waals surface area contributed by atoms with E-state index in [1.165, 1.54) is 0 Å². The molecule has 0 aromatic heterocycles. The van der Waals surface area contributed by atoms with Crippen LogP contribution >= 0.6 is 0 Å². The number of rotatable bonds is 7. The molecule has 1 aliphatic rings. The Morgan fingerprint density at radius 3 is 2.14 bits per heavy atom. The molecule has 1 saturated heterocycles. The van der Waals surface area contributed by atoms with Crippen molar-refractivity contribution in [2.75, 3.05) is 19.6 Å². The molecule has 0 unspecified atom stereocenters. The van der Waals surface area contributed by atoms with Gasteiger partial charge in [0.05, 0.1) is 11.3 Å². The molecule has 1 fully saturated rings. The monoisotopic (exact) mass is 400 g/mol. The summed E-state index contributed by atoms with van der Waals surface area (Å²) < 4.78 is 27.2. The summed E-state index contributed by atoms with van der Waals surface area (Å²) in [6, 6.07) is 16.7. The first-order chi connectivity index (χ1) is 13.6. The Hall–Kier alpha value is -2.18. The van der Waals surface area contributed by atoms with E-state index in [0.29, 0.717) is 37.4 Å². The van der Waals surface area contributed by atoms with E-state index in [9.17, 15) is 13.2 Å². The van der Waals surface area contributed by atoms with Gasteiger partial charge in [-0.3, -0.25) is 4.79 Å². The molecule has 3 rings (SSSR count). The molecular weight excluding hydrogens is 372 g/mol. The van der Waals surface area contributed by atoms with E-state index < -0.39 is 10.0 Å². The SMILES string of the molecule is O=C(Cc1ccccc1)NCCc1ccc(S(=O)(=O)N2CCCCCC2)cc1. The lowest BCUT2D eigenvalue weighted by molar-refractivity contribution is -0.120. The molecule has 5 nitrogen and oxygen atoms in total. The maximum absolute atomic E-state index is 12.8. The van der Waals surface area contributed by atoms with Gasteiger partial charge in [0.15, 0.2) is 0 Å². The van der Waals surface area contributed by atoms with Gasteiger partial charge < -0.3 is 5.32 Å². The van der Waals surface area contributed by atoms with Gasteiger partial charge in [-0.15, -0.1) is 0 Å². The van der Waals surface area contributed by atoms with Crippen LogP contribution in [0.5, 0.6) is 0 Å². The van der Waals surface area contributed by atoms with Crippen LogP contribution in [0.25, 0.3) is 0 Å². The van der Waals surface area contributed by atoms with Crippen molar-refractivity contribution in [2.45, 2.75) is 43.4 Å². The molecule has 1 heterocycles. The highest BCUT2D eigenvalue weighted by molar-refractivity contribution is 7.89. The van der Waals surface area contributed by atoms with E-state index in [0.717, 1.165) is 36.8 Å². The fraction of sp³-hybridized carbons (Fsp3) is 0.409. The van der Waals surface area contributed by atoms with Gasteiger partial charge >= 0.3 is 0 Å². The Morgan fingerprint density at radius 2 is 1.50 bits per heavy atom. The molecule has 1 amide bonds. The zero-order chi connectivity index (χ0) is 19.8. The number of sulfonamides is 1. The van der Waals surface area contributed by atoms with E-state index in [1.807, 2.05) is 42.5 Å². The molecule has 1 N–H and O–H groups in total. The van der Waals surface area contributed by atoms with Crippen LogP contribution in [0.15, 0.2) is 59.5 Å². The second-order valence-corrected chi connectivity index (χ2v) is 9.16. The first-order valence-electron chi connectivity index (χ1n) is 9.95. The Balaban J connectivity index is 1.50. The summed E-state index contributed by atoms with van der Waals surface area (Å²) in [5.74, 6) is -0.00781. The van der Waals surface area contributed by atoms with Crippen LogP contribution < -0.4 is 5.32 Å². The minimum absolute atomic E-state index is 0.00781. The molecule has 0 radical (unpaired) electrons. The maximum atomic E-state index is 12.8. The van der Waals surface area contributed by atoms with Gasteiger partial charge in [-0.1, -0.05) is 55.3 Å². The standard InChI is InChI=1S/C22H28N2O3S/c25-22(18-20-8-4-3-5-9-20)23-15-14-19-10-12-21(13-11-19)28(26,27)24-16-6-1-2-7-17-24/h3-5,8-13H,1-2,6-7,14-18H2,(H,23,25). The zero-order valence-corrected chi connectivity index (χ0v) is 17.0. The third-order valence-electron chi connectivity index (χ3n) is 5.07. The van der Waals surface area contributed by atoms with Crippen LogP contribution in [0, 0.1) is 0 Å². The molecule has 6 heteroatoms. The van der Waals surface area contributed by atoms with Gasteiger partial charge in [-0.2, -0.15) is 4.31 Å². The second kappa shape index (κ2) is 9.85. The maximum Gasteiger partial charge on any atom is 0.243 e. The Labute approximate surface area is 167 Å². The van der Waals surface area contributed by atoms with Crippen molar-refractivity contribution < 1.29 is 13.2 Å². The van der Waals surface area contributed by atoms with Crippen LogP contribution in [0.3, 0.4) is 0 Å². The lowest BCUT2D eigenvalue weighted by Crippen LogP contribution is -2.31. The number of nitrogens with one attached hydrogen (secondary N) is 1. The van der Waals surface area contributed by atoms with Crippen molar-refractivity contribution in [1.82, 2.24) is 9.62 Å². The van der Waals surface area contributed by atoms with E-state index >= 15 is 0 Å². The molecule has 2 aromatic rings. The van der Waals surface area contributed by atoms with Crippen LogP contribution in [0.2, 0.25) is 0 Å². The molecule has 1 aliphatic heterocycles. The molecule has 0 bridgehead atoms. The van der Waals surface area contributed by atoms with Crippen molar-refractivity contribution in [1.29, 1.82) is 0 Å². The van der Waals surface area contributed by atoms with E-state index in [2.05, 4.69) is 5.32 Å². The second-order valence-electron chi connectivity index (χ2n) is 7.22. The highest BCUT2D eigenvalue weighted by atomic mass is 32.2. The average molecular weight is 401 g/mol. The fourth-order valence-corrected chi connectivity index (χ4v) is 4.97. The first-order valence-corrected chi connectivity index (χ1v) is 11.4. The zero-order valence-electron chi connectivity index (χ0n) is 16.1. The molecule has 2 aromatic carbocycles. The van der Waals surface area contributed by atoms with E-state index in [4.69, 9.17) is 0 Å². The summed E-state index contributed by atoms with van der Waals surface area (Å²) in [7, 11) is -3.41. The average Bonchev–Trinajstić information content (AvgIpc) is 2.99. The Kier molecular flexibility index (Phi) is 7.23. The lowest BCUT2D eigenvalue weighted by atomic mass is 10.1. The third kappa shape index (κ3) is 5.66. The van der Waals surface area contributed by atoms with Gasteiger partial charge in [0.25, 0.3) is 0 Å². The van der Waals surface area contributed by atoms with Crippen molar-refractivity contribution in [3.63, 3.8) is 0 Å².